The Bertz CT molecular complexity index is 808. The first-order valence-electron chi connectivity index (χ1n) is 5.89. The SMILES string of the molecule is N#Cc1cccc(Sc2nnnn2-c2ccc(O)cc2)n1. The number of aromatic hydroxyl groups is 1. The van der Waals surface area contributed by atoms with Gasteiger partial charge in [-0.1, -0.05) is 6.07 Å². The molecule has 2 heterocycles. The van der Waals surface area contributed by atoms with Crippen LogP contribution in [0, 0.1) is 11.3 Å². The van der Waals surface area contributed by atoms with E-state index in [4.69, 9.17) is 5.26 Å². The lowest BCUT2D eigenvalue weighted by molar-refractivity contribution is 0.475. The van der Waals surface area contributed by atoms with Crippen molar-refractivity contribution in [1.29, 1.82) is 5.26 Å². The molecule has 0 aliphatic rings. The quantitative estimate of drug-likeness (QED) is 0.786. The second kappa shape index (κ2) is 5.60. The molecule has 2 aromatic heterocycles. The lowest BCUT2D eigenvalue weighted by Gasteiger charge is -2.04. The molecule has 0 bridgehead atoms. The van der Waals surface area contributed by atoms with Crippen LogP contribution in [0.4, 0.5) is 0 Å². The second-order valence-corrected chi connectivity index (χ2v) is 4.95. The van der Waals surface area contributed by atoms with Gasteiger partial charge in [0.2, 0.25) is 5.16 Å². The van der Waals surface area contributed by atoms with E-state index in [-0.39, 0.29) is 5.75 Å². The topological polar surface area (TPSA) is 101 Å². The van der Waals surface area contributed by atoms with Gasteiger partial charge in [0.15, 0.2) is 0 Å². The van der Waals surface area contributed by atoms with Crippen LogP contribution in [0.1, 0.15) is 5.69 Å². The molecule has 21 heavy (non-hydrogen) atoms. The average Bonchev–Trinajstić information content (AvgIpc) is 2.96. The summed E-state index contributed by atoms with van der Waals surface area (Å²) in [6, 6.07) is 13.7. The number of hydrogen-bond donors (Lipinski definition) is 1. The monoisotopic (exact) mass is 296 g/mol. The molecule has 3 aromatic rings. The summed E-state index contributed by atoms with van der Waals surface area (Å²) in [7, 11) is 0. The van der Waals surface area contributed by atoms with Gasteiger partial charge in [-0.05, 0) is 58.6 Å². The van der Waals surface area contributed by atoms with Crippen LogP contribution < -0.4 is 0 Å². The van der Waals surface area contributed by atoms with Crippen molar-refractivity contribution >= 4 is 11.8 Å². The zero-order valence-electron chi connectivity index (χ0n) is 10.6. The number of phenols is 1. The molecule has 0 radical (unpaired) electrons. The number of phenolic OH excluding ortho intramolecular Hbond substituents is 1. The highest BCUT2D eigenvalue weighted by Crippen LogP contribution is 2.25. The molecule has 7 nitrogen and oxygen atoms in total. The molecule has 0 saturated heterocycles. The molecule has 0 saturated carbocycles. The van der Waals surface area contributed by atoms with Gasteiger partial charge in [0, 0.05) is 0 Å². The third kappa shape index (κ3) is 2.82. The first-order valence-corrected chi connectivity index (χ1v) is 6.71. The normalized spacial score (nSPS) is 10.2. The van der Waals surface area contributed by atoms with Crippen LogP contribution >= 0.6 is 11.8 Å². The minimum atomic E-state index is 0.171. The van der Waals surface area contributed by atoms with Crippen molar-refractivity contribution in [2.75, 3.05) is 0 Å². The van der Waals surface area contributed by atoms with Crippen molar-refractivity contribution in [3.05, 3.63) is 48.2 Å². The third-order valence-corrected chi connectivity index (χ3v) is 3.44. The Kier molecular flexibility index (Phi) is 3.49. The van der Waals surface area contributed by atoms with E-state index < -0.39 is 0 Å². The van der Waals surface area contributed by atoms with Crippen molar-refractivity contribution in [3.63, 3.8) is 0 Å². The number of nitrogens with zero attached hydrogens (tertiary/aromatic N) is 6. The van der Waals surface area contributed by atoms with Gasteiger partial charge in [0.05, 0.1) is 5.69 Å². The highest BCUT2D eigenvalue weighted by molar-refractivity contribution is 7.99. The van der Waals surface area contributed by atoms with Crippen LogP contribution in [-0.4, -0.2) is 30.3 Å². The van der Waals surface area contributed by atoms with E-state index in [1.807, 2.05) is 6.07 Å². The fraction of sp³-hybridized carbons (Fsp3) is 0. The molecule has 0 atom stereocenters. The Morgan fingerprint density at radius 2 is 1.95 bits per heavy atom. The van der Waals surface area contributed by atoms with Crippen LogP contribution in [0.15, 0.2) is 52.6 Å². The van der Waals surface area contributed by atoms with Gasteiger partial charge in [-0.25, -0.2) is 4.98 Å². The Morgan fingerprint density at radius 3 is 2.71 bits per heavy atom. The Hall–Kier alpha value is -2.92. The van der Waals surface area contributed by atoms with Gasteiger partial charge >= 0.3 is 0 Å². The van der Waals surface area contributed by atoms with Crippen molar-refractivity contribution in [3.8, 4) is 17.5 Å². The fourth-order valence-corrected chi connectivity index (χ4v) is 2.41. The summed E-state index contributed by atoms with van der Waals surface area (Å²) in [5.41, 5.74) is 1.06. The Morgan fingerprint density at radius 1 is 1.14 bits per heavy atom. The summed E-state index contributed by atoms with van der Waals surface area (Å²) in [4.78, 5) is 4.17. The minimum absolute atomic E-state index is 0.171. The molecule has 0 unspecified atom stereocenters. The number of pyridine rings is 1. The summed E-state index contributed by atoms with van der Waals surface area (Å²) < 4.78 is 1.53. The molecule has 102 valence electrons. The highest BCUT2D eigenvalue weighted by atomic mass is 32.2. The maximum Gasteiger partial charge on any atom is 0.220 e. The van der Waals surface area contributed by atoms with E-state index in [2.05, 4.69) is 20.5 Å². The second-order valence-electron chi connectivity index (χ2n) is 3.96. The summed E-state index contributed by atoms with van der Waals surface area (Å²) in [5.74, 6) is 0.171. The average molecular weight is 296 g/mol. The summed E-state index contributed by atoms with van der Waals surface area (Å²) in [5, 5.41) is 30.8. The number of tetrazole rings is 1. The predicted octanol–water partition coefficient (Wildman–Crippen LogP) is 1.79. The van der Waals surface area contributed by atoms with Crippen LogP contribution in [-0.2, 0) is 0 Å². The first kappa shape index (κ1) is 13.1. The number of aromatic nitrogens is 5. The van der Waals surface area contributed by atoms with Gasteiger partial charge in [-0.15, -0.1) is 5.10 Å². The maximum absolute atomic E-state index is 9.31. The summed E-state index contributed by atoms with van der Waals surface area (Å²) in [6.07, 6.45) is 0. The van der Waals surface area contributed by atoms with E-state index in [9.17, 15) is 5.11 Å². The Labute approximate surface area is 123 Å². The van der Waals surface area contributed by atoms with Gasteiger partial charge in [-0.3, -0.25) is 0 Å². The van der Waals surface area contributed by atoms with E-state index in [0.717, 1.165) is 5.69 Å². The number of hydrogen-bond acceptors (Lipinski definition) is 7. The molecule has 0 amide bonds. The van der Waals surface area contributed by atoms with E-state index in [1.165, 1.54) is 16.4 Å². The zero-order chi connectivity index (χ0) is 14.7. The fourth-order valence-electron chi connectivity index (χ4n) is 1.63. The molecular weight excluding hydrogens is 288 g/mol. The van der Waals surface area contributed by atoms with Crippen molar-refractivity contribution in [1.82, 2.24) is 25.2 Å². The first-order chi connectivity index (χ1) is 10.3. The standard InChI is InChI=1S/C13H8N6OS/c14-8-9-2-1-3-12(15-9)21-13-16-17-18-19(13)10-4-6-11(20)7-5-10/h1-7,20H. The largest absolute Gasteiger partial charge is 0.508 e. The van der Waals surface area contributed by atoms with E-state index >= 15 is 0 Å². The van der Waals surface area contributed by atoms with Crippen molar-refractivity contribution in [2.45, 2.75) is 10.2 Å². The molecule has 1 N–H and O–H groups in total. The van der Waals surface area contributed by atoms with Gasteiger partial charge in [-0.2, -0.15) is 9.94 Å². The van der Waals surface area contributed by atoms with Crippen LogP contribution in [0.2, 0.25) is 0 Å². The van der Waals surface area contributed by atoms with Gasteiger partial charge < -0.3 is 5.11 Å². The van der Waals surface area contributed by atoms with Gasteiger partial charge in [0.1, 0.15) is 22.5 Å². The zero-order valence-corrected chi connectivity index (χ0v) is 11.4. The van der Waals surface area contributed by atoms with E-state index in [0.29, 0.717) is 15.9 Å². The lowest BCUT2D eigenvalue weighted by Crippen LogP contribution is -1.98. The Balaban J connectivity index is 1.92. The molecule has 0 spiro atoms. The molecule has 3 rings (SSSR count). The molecule has 0 fully saturated rings. The van der Waals surface area contributed by atoms with Crippen LogP contribution in [0.3, 0.4) is 0 Å². The molecule has 1 aromatic carbocycles. The van der Waals surface area contributed by atoms with E-state index in [1.54, 1.807) is 42.5 Å². The summed E-state index contributed by atoms with van der Waals surface area (Å²) >= 11 is 1.25. The molecular formula is C13H8N6OS. The van der Waals surface area contributed by atoms with Crippen molar-refractivity contribution < 1.29 is 5.11 Å². The highest BCUT2D eigenvalue weighted by Gasteiger charge is 2.11. The smallest absolute Gasteiger partial charge is 0.220 e. The minimum Gasteiger partial charge on any atom is -0.508 e. The summed E-state index contributed by atoms with van der Waals surface area (Å²) in [6.45, 7) is 0. The van der Waals surface area contributed by atoms with Crippen LogP contribution in [0.25, 0.3) is 5.69 Å². The van der Waals surface area contributed by atoms with Gasteiger partial charge in [0.25, 0.3) is 0 Å². The maximum atomic E-state index is 9.31. The number of rotatable bonds is 3. The lowest BCUT2D eigenvalue weighted by atomic mass is 10.3. The molecule has 0 aliphatic heterocycles. The van der Waals surface area contributed by atoms with Crippen molar-refractivity contribution in [2.24, 2.45) is 0 Å². The molecule has 8 heteroatoms. The number of nitriles is 1. The number of benzene rings is 1. The third-order valence-electron chi connectivity index (χ3n) is 2.57. The molecule has 0 aliphatic carbocycles. The predicted molar refractivity (Wildman–Crippen MR) is 73.9 cm³/mol. The van der Waals surface area contributed by atoms with Crippen LogP contribution in [0.5, 0.6) is 5.75 Å².